The Balaban J connectivity index is 1.14. The highest BCUT2D eigenvalue weighted by Gasteiger charge is 2.56. The highest BCUT2D eigenvalue weighted by atomic mass is 32.1. The fourth-order valence-electron chi connectivity index (χ4n) is 6.72. The van der Waals surface area contributed by atoms with Crippen molar-refractivity contribution < 1.29 is 14.0 Å². The van der Waals surface area contributed by atoms with E-state index in [2.05, 4.69) is 36.1 Å². The topological polar surface area (TPSA) is 47.1 Å². The quantitative estimate of drug-likeness (QED) is 0.355. The molecule has 0 radical (unpaired) electrons. The van der Waals surface area contributed by atoms with E-state index in [1.807, 2.05) is 39.4 Å². The Labute approximate surface area is 246 Å². The number of aryl methyl sites for hydroxylation is 1. The molecule has 1 saturated carbocycles. The number of carbonyl (C=O) groups is 2. The number of nitrogens with zero attached hydrogens (tertiary/aromatic N) is 4. The van der Waals surface area contributed by atoms with Gasteiger partial charge in [0.25, 0.3) is 5.91 Å². The molecule has 3 aliphatic rings. The second-order valence-corrected chi connectivity index (χ2v) is 12.7. The van der Waals surface area contributed by atoms with Crippen molar-refractivity contribution in [2.75, 3.05) is 55.6 Å². The van der Waals surface area contributed by atoms with Gasteiger partial charge in [0.2, 0.25) is 5.91 Å². The average molecular weight is 575 g/mol. The van der Waals surface area contributed by atoms with Gasteiger partial charge in [0.05, 0.1) is 10.6 Å². The van der Waals surface area contributed by atoms with Crippen molar-refractivity contribution in [1.82, 2.24) is 9.80 Å². The minimum Gasteiger partial charge on any atom is -0.367 e. The molecule has 6 nitrogen and oxygen atoms in total. The molecule has 0 bridgehead atoms. The zero-order valence-corrected chi connectivity index (χ0v) is 24.8. The molecule has 8 heteroatoms. The number of benzene rings is 2. The van der Waals surface area contributed by atoms with E-state index < -0.39 is 0 Å². The van der Waals surface area contributed by atoms with Crippen LogP contribution in [0.4, 0.5) is 15.8 Å². The number of halogens is 1. The molecule has 1 aromatic heterocycles. The Hall–Kier alpha value is -3.23. The average Bonchev–Trinajstić information content (AvgIpc) is 3.26. The van der Waals surface area contributed by atoms with Crippen LogP contribution >= 0.6 is 11.3 Å². The number of likely N-dealkylation sites (tertiary alicyclic amines) is 1. The van der Waals surface area contributed by atoms with Crippen LogP contribution in [0, 0.1) is 23.6 Å². The molecule has 2 atom stereocenters. The van der Waals surface area contributed by atoms with Crippen molar-refractivity contribution >= 4 is 34.5 Å². The Bertz CT molecular complexity index is 1370. The normalized spacial score (nSPS) is 22.4. The van der Waals surface area contributed by atoms with E-state index in [1.165, 1.54) is 28.5 Å². The van der Waals surface area contributed by atoms with Crippen LogP contribution in [0.15, 0.2) is 60.0 Å². The fraction of sp³-hybridized carbons (Fsp3) is 0.455. The van der Waals surface area contributed by atoms with Crippen LogP contribution in [0.2, 0.25) is 0 Å². The van der Waals surface area contributed by atoms with E-state index in [1.54, 1.807) is 11.8 Å². The van der Waals surface area contributed by atoms with Gasteiger partial charge in [-0.15, -0.1) is 11.3 Å². The predicted octanol–water partition coefficient (Wildman–Crippen LogP) is 5.53. The van der Waals surface area contributed by atoms with Gasteiger partial charge in [-0.05, 0) is 71.4 Å². The highest BCUT2D eigenvalue weighted by molar-refractivity contribution is 7.12. The van der Waals surface area contributed by atoms with E-state index >= 15 is 4.39 Å². The molecule has 2 saturated heterocycles. The van der Waals surface area contributed by atoms with Gasteiger partial charge < -0.3 is 14.7 Å². The summed E-state index contributed by atoms with van der Waals surface area (Å²) in [4.78, 5) is 34.3. The summed E-state index contributed by atoms with van der Waals surface area (Å²) in [7, 11) is 0. The van der Waals surface area contributed by atoms with Crippen molar-refractivity contribution in [2.45, 2.75) is 33.2 Å². The largest absolute Gasteiger partial charge is 0.367 e. The molecule has 2 amide bonds. The smallest absolute Gasteiger partial charge is 0.268 e. The maximum atomic E-state index is 15.6. The van der Waals surface area contributed by atoms with Crippen molar-refractivity contribution in [1.29, 1.82) is 0 Å². The van der Waals surface area contributed by atoms with E-state index in [0.29, 0.717) is 66.7 Å². The molecule has 41 heavy (non-hydrogen) atoms. The van der Waals surface area contributed by atoms with Crippen molar-refractivity contribution in [3.8, 4) is 0 Å². The van der Waals surface area contributed by atoms with Gasteiger partial charge in [-0.2, -0.15) is 0 Å². The van der Waals surface area contributed by atoms with Gasteiger partial charge in [0.15, 0.2) is 0 Å². The molecule has 3 heterocycles. The predicted molar refractivity (Wildman–Crippen MR) is 163 cm³/mol. The summed E-state index contributed by atoms with van der Waals surface area (Å²) in [5, 5.41) is 1.91. The van der Waals surface area contributed by atoms with Gasteiger partial charge in [-0.1, -0.05) is 37.3 Å². The summed E-state index contributed by atoms with van der Waals surface area (Å²) >= 11 is 1.43. The van der Waals surface area contributed by atoms with Crippen LogP contribution in [0.25, 0.3) is 0 Å². The third-order valence-corrected chi connectivity index (χ3v) is 10.0. The molecule has 2 aliphatic heterocycles. The summed E-state index contributed by atoms with van der Waals surface area (Å²) in [6.07, 6.45) is 1.86. The summed E-state index contributed by atoms with van der Waals surface area (Å²) in [6, 6.07) is 17.9. The van der Waals surface area contributed by atoms with Gasteiger partial charge in [0.1, 0.15) is 5.82 Å². The number of thiophene rings is 1. The minimum absolute atomic E-state index is 0.0585. The van der Waals surface area contributed by atoms with E-state index in [-0.39, 0.29) is 17.6 Å². The lowest BCUT2D eigenvalue weighted by atomic mass is 10.1. The fourth-order valence-corrected chi connectivity index (χ4v) is 7.39. The van der Waals surface area contributed by atoms with Crippen molar-refractivity contribution in [3.63, 3.8) is 0 Å². The minimum atomic E-state index is -0.320. The molecule has 0 spiro atoms. The van der Waals surface area contributed by atoms with Crippen LogP contribution in [-0.4, -0.2) is 67.4 Å². The third-order valence-electron chi connectivity index (χ3n) is 9.18. The molecule has 0 N–H and O–H groups in total. The zero-order valence-electron chi connectivity index (χ0n) is 24.0. The molecule has 3 aromatic rings. The van der Waals surface area contributed by atoms with Crippen LogP contribution in [0.1, 0.15) is 41.1 Å². The number of anilines is 2. The Kier molecular flexibility index (Phi) is 8.13. The Morgan fingerprint density at radius 1 is 0.976 bits per heavy atom. The standard InChI is InChI=1S/C33H39FN4O2S/c1-3-24-7-9-25(10-8-24)19-35-20-27-28(21-35)29(27)22-38(33(40)32-6-4-17-41-32)26-11-12-31(30(34)18-26)37-14-5-13-36(15-16-37)23(2)39/h4,6-12,17-18,27-29H,3,5,13-16,19-22H2,1-2H3. The molecule has 1 aliphatic carbocycles. The van der Waals surface area contributed by atoms with Crippen LogP contribution in [-0.2, 0) is 17.8 Å². The summed E-state index contributed by atoms with van der Waals surface area (Å²) < 4.78 is 15.6. The molecule has 2 unspecified atom stereocenters. The van der Waals surface area contributed by atoms with Gasteiger partial charge in [-0.25, -0.2) is 4.39 Å². The summed E-state index contributed by atoms with van der Waals surface area (Å²) in [6.45, 7) is 10.0. The zero-order chi connectivity index (χ0) is 28.5. The lowest BCUT2D eigenvalue weighted by Gasteiger charge is -2.27. The number of carbonyl (C=O) groups excluding carboxylic acids is 2. The molecule has 216 valence electrons. The lowest BCUT2D eigenvalue weighted by molar-refractivity contribution is -0.128. The number of rotatable bonds is 8. The lowest BCUT2D eigenvalue weighted by Crippen LogP contribution is -2.35. The van der Waals surface area contributed by atoms with Crippen molar-refractivity contribution in [3.05, 3.63) is 81.8 Å². The second kappa shape index (κ2) is 11.9. The maximum absolute atomic E-state index is 15.6. The van der Waals surface area contributed by atoms with Gasteiger partial charge in [0, 0.05) is 65.0 Å². The van der Waals surface area contributed by atoms with Gasteiger partial charge >= 0.3 is 0 Å². The maximum Gasteiger partial charge on any atom is 0.268 e. The first-order valence-corrected chi connectivity index (χ1v) is 15.7. The van der Waals surface area contributed by atoms with Crippen LogP contribution in [0.3, 0.4) is 0 Å². The number of fused-ring (bicyclic) bond motifs is 1. The van der Waals surface area contributed by atoms with Crippen LogP contribution < -0.4 is 9.80 Å². The Morgan fingerprint density at radius 2 is 1.73 bits per heavy atom. The molecule has 2 aromatic carbocycles. The third kappa shape index (κ3) is 6.04. The highest BCUT2D eigenvalue weighted by Crippen LogP contribution is 2.52. The molecule has 6 rings (SSSR count). The van der Waals surface area contributed by atoms with Gasteiger partial charge in [-0.3, -0.25) is 14.5 Å². The summed E-state index contributed by atoms with van der Waals surface area (Å²) in [5.74, 6) is 1.27. The monoisotopic (exact) mass is 574 g/mol. The number of piperidine rings is 1. The number of hydrogen-bond acceptors (Lipinski definition) is 5. The van der Waals surface area contributed by atoms with E-state index in [9.17, 15) is 9.59 Å². The summed E-state index contributed by atoms with van der Waals surface area (Å²) in [5.41, 5.74) is 3.86. The first kappa shape index (κ1) is 27.9. The van der Waals surface area contributed by atoms with Crippen molar-refractivity contribution in [2.24, 2.45) is 17.8 Å². The van der Waals surface area contributed by atoms with Crippen LogP contribution in [0.5, 0.6) is 0 Å². The molecular weight excluding hydrogens is 535 g/mol. The number of hydrogen-bond donors (Lipinski definition) is 0. The first-order valence-electron chi connectivity index (χ1n) is 14.9. The van der Waals surface area contributed by atoms with E-state index in [0.717, 1.165) is 32.5 Å². The Morgan fingerprint density at radius 3 is 2.39 bits per heavy atom. The first-order chi connectivity index (χ1) is 19.9. The second-order valence-electron chi connectivity index (χ2n) is 11.7. The number of amides is 2. The van der Waals surface area contributed by atoms with E-state index in [4.69, 9.17) is 0 Å². The molecular formula is C33H39FN4O2S. The SMILES string of the molecule is CCc1ccc(CN2CC3C(C2)C3CN(C(=O)c2cccs2)c2ccc(N3CCCN(C(C)=O)CC3)c(F)c2)cc1. The molecule has 3 fully saturated rings.